The van der Waals surface area contributed by atoms with Gasteiger partial charge in [0.15, 0.2) is 6.29 Å². The molecule has 1 atom stereocenters. The largest absolute Gasteiger partial charge is 0.350 e. The molecule has 1 heterocycles. The van der Waals surface area contributed by atoms with Crippen LogP contribution < -0.4 is 0 Å². The van der Waals surface area contributed by atoms with Gasteiger partial charge in [0.2, 0.25) is 0 Å². The molecule has 0 saturated carbocycles. The summed E-state index contributed by atoms with van der Waals surface area (Å²) >= 11 is 0. The molecule has 2 nitrogen and oxygen atoms in total. The molecule has 1 unspecified atom stereocenters. The van der Waals surface area contributed by atoms with Crippen LogP contribution in [0.2, 0.25) is 0 Å². The highest BCUT2D eigenvalue weighted by Gasteiger charge is 2.19. The Morgan fingerprint density at radius 2 is 2.00 bits per heavy atom. The second-order valence-electron chi connectivity index (χ2n) is 3.62. The lowest BCUT2D eigenvalue weighted by molar-refractivity contribution is -0.0539. The maximum atomic E-state index is 5.40. The number of hydrogen-bond donors (Lipinski definition) is 0. The van der Waals surface area contributed by atoms with Crippen LogP contribution in [0.1, 0.15) is 25.7 Å². The zero-order valence-corrected chi connectivity index (χ0v) is 8.78. The summed E-state index contributed by atoms with van der Waals surface area (Å²) in [6.45, 7) is 9.03. The summed E-state index contributed by atoms with van der Waals surface area (Å²) in [6.07, 6.45) is 8.32. The third-order valence-electron chi connectivity index (χ3n) is 2.50. The summed E-state index contributed by atoms with van der Waals surface area (Å²) in [5, 5.41) is 0. The quantitative estimate of drug-likeness (QED) is 0.460. The van der Waals surface area contributed by atoms with Gasteiger partial charge in [0.05, 0.1) is 13.2 Å². The van der Waals surface area contributed by atoms with Gasteiger partial charge in [-0.3, -0.25) is 0 Å². The summed E-state index contributed by atoms with van der Waals surface area (Å²) < 4.78 is 10.8. The molecule has 1 fully saturated rings. The molecule has 0 aromatic heterocycles. The fourth-order valence-electron chi connectivity index (χ4n) is 1.65. The lowest BCUT2D eigenvalue weighted by atomic mass is 9.98. The predicted octanol–water partition coefficient (Wildman–Crippen LogP) is 2.91. The summed E-state index contributed by atoms with van der Waals surface area (Å²) in [5.41, 5.74) is 0. The highest BCUT2D eigenvalue weighted by Crippen LogP contribution is 2.20. The SMILES string of the molecule is C=CCCCC(C=C)CC1OCCO1. The monoisotopic (exact) mass is 196 g/mol. The molecule has 0 aliphatic carbocycles. The van der Waals surface area contributed by atoms with Crippen LogP contribution in [0.4, 0.5) is 0 Å². The van der Waals surface area contributed by atoms with E-state index in [4.69, 9.17) is 9.47 Å². The second kappa shape index (κ2) is 6.80. The molecule has 2 heteroatoms. The molecule has 1 rings (SSSR count). The average molecular weight is 196 g/mol. The lowest BCUT2D eigenvalue weighted by Crippen LogP contribution is -2.13. The van der Waals surface area contributed by atoms with Crippen molar-refractivity contribution in [3.05, 3.63) is 25.3 Å². The van der Waals surface area contributed by atoms with Gasteiger partial charge < -0.3 is 9.47 Å². The van der Waals surface area contributed by atoms with Crippen molar-refractivity contribution in [1.29, 1.82) is 0 Å². The zero-order chi connectivity index (χ0) is 10.2. The summed E-state index contributed by atoms with van der Waals surface area (Å²) in [5.74, 6) is 0.512. The molecule has 0 aromatic rings. The molecule has 0 amide bonds. The zero-order valence-electron chi connectivity index (χ0n) is 8.78. The number of rotatable bonds is 7. The first-order valence-corrected chi connectivity index (χ1v) is 5.33. The van der Waals surface area contributed by atoms with Gasteiger partial charge in [-0.15, -0.1) is 13.2 Å². The van der Waals surface area contributed by atoms with Crippen molar-refractivity contribution in [1.82, 2.24) is 0 Å². The molecular formula is C12H20O2. The number of hydrogen-bond acceptors (Lipinski definition) is 2. The minimum atomic E-state index is 0.00160. The van der Waals surface area contributed by atoms with Crippen LogP contribution in [-0.4, -0.2) is 19.5 Å². The van der Waals surface area contributed by atoms with Gasteiger partial charge in [0.1, 0.15) is 0 Å². The van der Waals surface area contributed by atoms with Crippen LogP contribution in [0.25, 0.3) is 0 Å². The van der Waals surface area contributed by atoms with Gasteiger partial charge in [-0.25, -0.2) is 0 Å². The third-order valence-corrected chi connectivity index (χ3v) is 2.50. The Labute approximate surface area is 86.6 Å². The van der Waals surface area contributed by atoms with Crippen molar-refractivity contribution < 1.29 is 9.47 Å². The topological polar surface area (TPSA) is 18.5 Å². The minimum Gasteiger partial charge on any atom is -0.350 e. The van der Waals surface area contributed by atoms with Crippen molar-refractivity contribution in [2.75, 3.05) is 13.2 Å². The molecule has 1 aliphatic rings. The van der Waals surface area contributed by atoms with Crippen LogP contribution in [0.3, 0.4) is 0 Å². The number of unbranched alkanes of at least 4 members (excludes halogenated alkanes) is 1. The Morgan fingerprint density at radius 3 is 2.57 bits per heavy atom. The van der Waals surface area contributed by atoms with E-state index in [1.54, 1.807) is 0 Å². The predicted molar refractivity (Wildman–Crippen MR) is 58.0 cm³/mol. The van der Waals surface area contributed by atoms with Crippen molar-refractivity contribution in [3.63, 3.8) is 0 Å². The number of allylic oxidation sites excluding steroid dienone is 2. The Bertz CT molecular complexity index is 171. The van der Waals surface area contributed by atoms with Crippen LogP contribution in [-0.2, 0) is 9.47 Å². The van der Waals surface area contributed by atoms with E-state index in [0.29, 0.717) is 5.92 Å². The molecule has 0 N–H and O–H groups in total. The fraction of sp³-hybridized carbons (Fsp3) is 0.667. The van der Waals surface area contributed by atoms with Crippen LogP contribution in [0.5, 0.6) is 0 Å². The Hall–Kier alpha value is -0.600. The smallest absolute Gasteiger partial charge is 0.158 e. The van der Waals surface area contributed by atoms with E-state index in [1.807, 2.05) is 12.2 Å². The summed E-state index contributed by atoms with van der Waals surface area (Å²) in [7, 11) is 0. The maximum Gasteiger partial charge on any atom is 0.158 e. The molecule has 0 bridgehead atoms. The molecule has 80 valence electrons. The van der Waals surface area contributed by atoms with E-state index in [0.717, 1.165) is 32.5 Å². The Balaban J connectivity index is 2.16. The maximum absolute atomic E-state index is 5.40. The van der Waals surface area contributed by atoms with Gasteiger partial charge in [0, 0.05) is 6.42 Å². The van der Waals surface area contributed by atoms with Crippen LogP contribution in [0, 0.1) is 5.92 Å². The van der Waals surface area contributed by atoms with Gasteiger partial charge in [-0.2, -0.15) is 0 Å². The summed E-state index contributed by atoms with van der Waals surface area (Å²) in [4.78, 5) is 0. The van der Waals surface area contributed by atoms with E-state index in [1.165, 1.54) is 6.42 Å². The molecule has 0 spiro atoms. The molecule has 14 heavy (non-hydrogen) atoms. The fourth-order valence-corrected chi connectivity index (χ4v) is 1.65. The first-order valence-electron chi connectivity index (χ1n) is 5.33. The number of ether oxygens (including phenoxy) is 2. The lowest BCUT2D eigenvalue weighted by Gasteiger charge is -2.15. The first kappa shape index (κ1) is 11.5. The Morgan fingerprint density at radius 1 is 1.29 bits per heavy atom. The van der Waals surface area contributed by atoms with Crippen molar-refractivity contribution in [2.45, 2.75) is 32.0 Å². The highest BCUT2D eigenvalue weighted by molar-refractivity contribution is 4.81. The second-order valence-corrected chi connectivity index (χ2v) is 3.62. The van der Waals surface area contributed by atoms with E-state index < -0.39 is 0 Å². The van der Waals surface area contributed by atoms with Gasteiger partial charge in [0.25, 0.3) is 0 Å². The third kappa shape index (κ3) is 4.07. The van der Waals surface area contributed by atoms with Gasteiger partial charge >= 0.3 is 0 Å². The molecule has 0 radical (unpaired) electrons. The van der Waals surface area contributed by atoms with E-state index in [2.05, 4.69) is 13.2 Å². The van der Waals surface area contributed by atoms with Crippen molar-refractivity contribution in [2.24, 2.45) is 5.92 Å². The van der Waals surface area contributed by atoms with Crippen LogP contribution in [0.15, 0.2) is 25.3 Å². The average Bonchev–Trinajstić information content (AvgIpc) is 2.69. The molecule has 1 saturated heterocycles. The minimum absolute atomic E-state index is 0.00160. The van der Waals surface area contributed by atoms with Gasteiger partial charge in [-0.1, -0.05) is 12.2 Å². The molecular weight excluding hydrogens is 176 g/mol. The van der Waals surface area contributed by atoms with Crippen molar-refractivity contribution in [3.8, 4) is 0 Å². The molecule has 1 aliphatic heterocycles. The highest BCUT2D eigenvalue weighted by atomic mass is 16.7. The summed E-state index contributed by atoms with van der Waals surface area (Å²) in [6, 6.07) is 0. The Kier molecular flexibility index (Phi) is 5.57. The standard InChI is InChI=1S/C12H20O2/c1-3-5-6-7-11(4-2)10-12-13-8-9-14-12/h3-4,11-12H,1-2,5-10H2. The molecule has 0 aromatic carbocycles. The van der Waals surface area contributed by atoms with Gasteiger partial charge in [-0.05, 0) is 25.2 Å². The first-order chi connectivity index (χ1) is 6.86. The van der Waals surface area contributed by atoms with E-state index in [9.17, 15) is 0 Å². The van der Waals surface area contributed by atoms with Crippen molar-refractivity contribution >= 4 is 0 Å². The normalized spacial score (nSPS) is 19.4. The van der Waals surface area contributed by atoms with Crippen LogP contribution >= 0.6 is 0 Å². The van der Waals surface area contributed by atoms with E-state index >= 15 is 0 Å². The van der Waals surface area contributed by atoms with E-state index in [-0.39, 0.29) is 6.29 Å².